The van der Waals surface area contributed by atoms with Gasteiger partial charge >= 0.3 is 0 Å². The van der Waals surface area contributed by atoms with E-state index in [1.807, 2.05) is 0 Å². The predicted molar refractivity (Wildman–Crippen MR) is 30.3 cm³/mol. The average Bonchev–Trinajstić information content (AvgIpc) is 1.91. The second kappa shape index (κ2) is 1.82. The van der Waals surface area contributed by atoms with Crippen molar-refractivity contribution in [3.63, 3.8) is 0 Å². The molecular formula is C4H6BrNO. The second-order valence-electron chi connectivity index (χ2n) is 1.55. The standard InChI is InChI=1S/C4H6BrNO/c5-3-1-2-6-4(3)7/h3H,1-2H2,(H,6,7)/t3-/m0/s1. The van der Waals surface area contributed by atoms with Crippen molar-refractivity contribution < 1.29 is 4.79 Å². The molecule has 0 aromatic heterocycles. The lowest BCUT2D eigenvalue weighted by Crippen LogP contribution is -2.18. The molecule has 1 aliphatic heterocycles. The van der Waals surface area contributed by atoms with Crippen LogP contribution in [-0.4, -0.2) is 17.3 Å². The highest BCUT2D eigenvalue weighted by atomic mass is 79.9. The molecule has 1 fully saturated rings. The molecule has 0 aromatic carbocycles. The van der Waals surface area contributed by atoms with Crippen molar-refractivity contribution in [1.29, 1.82) is 0 Å². The number of nitrogens with one attached hydrogen (secondary N) is 1. The van der Waals surface area contributed by atoms with Gasteiger partial charge in [0.1, 0.15) is 0 Å². The molecule has 0 aromatic rings. The fourth-order valence-corrected chi connectivity index (χ4v) is 0.955. The van der Waals surface area contributed by atoms with E-state index in [1.54, 1.807) is 0 Å². The molecule has 40 valence electrons. The molecule has 1 aliphatic rings. The van der Waals surface area contributed by atoms with Crippen molar-refractivity contribution in [1.82, 2.24) is 5.32 Å². The zero-order valence-corrected chi connectivity index (χ0v) is 5.36. The van der Waals surface area contributed by atoms with E-state index < -0.39 is 0 Å². The summed E-state index contributed by atoms with van der Waals surface area (Å²) in [6, 6.07) is 0. The molecule has 1 N–H and O–H groups in total. The number of hydrogen-bond donors (Lipinski definition) is 1. The second-order valence-corrected chi connectivity index (χ2v) is 2.65. The van der Waals surface area contributed by atoms with Gasteiger partial charge in [0, 0.05) is 6.54 Å². The first-order chi connectivity index (χ1) is 3.30. The third-order valence-corrected chi connectivity index (χ3v) is 1.86. The van der Waals surface area contributed by atoms with Gasteiger partial charge in [-0.1, -0.05) is 15.9 Å². The van der Waals surface area contributed by atoms with Crippen molar-refractivity contribution >= 4 is 21.8 Å². The van der Waals surface area contributed by atoms with Crippen LogP contribution in [0.15, 0.2) is 0 Å². The summed E-state index contributed by atoms with van der Waals surface area (Å²) in [4.78, 5) is 10.5. The monoisotopic (exact) mass is 163 g/mol. The number of hydrogen-bond acceptors (Lipinski definition) is 1. The number of rotatable bonds is 0. The minimum absolute atomic E-state index is 0.0764. The normalized spacial score (nSPS) is 30.4. The SMILES string of the molecule is O=C1NCC[C@@H]1Br. The van der Waals surface area contributed by atoms with Crippen LogP contribution in [0, 0.1) is 0 Å². The van der Waals surface area contributed by atoms with Crippen LogP contribution in [0.25, 0.3) is 0 Å². The summed E-state index contributed by atoms with van der Waals surface area (Å²) < 4.78 is 0. The molecule has 1 saturated heterocycles. The summed E-state index contributed by atoms with van der Waals surface area (Å²) in [5, 5.41) is 2.68. The molecular weight excluding hydrogens is 158 g/mol. The Morgan fingerprint density at radius 3 is 2.71 bits per heavy atom. The van der Waals surface area contributed by atoms with Gasteiger partial charge < -0.3 is 5.32 Å². The van der Waals surface area contributed by atoms with Crippen LogP contribution in [0.3, 0.4) is 0 Å². The minimum atomic E-state index is 0.0764. The largest absolute Gasteiger partial charge is 0.355 e. The lowest BCUT2D eigenvalue weighted by Gasteiger charge is -1.88. The maximum absolute atomic E-state index is 10.4. The number of halogens is 1. The van der Waals surface area contributed by atoms with Gasteiger partial charge in [0.05, 0.1) is 4.83 Å². The fraction of sp³-hybridized carbons (Fsp3) is 0.750. The molecule has 0 bridgehead atoms. The summed E-state index contributed by atoms with van der Waals surface area (Å²) in [6.45, 7) is 0.828. The number of alkyl halides is 1. The molecule has 1 atom stereocenters. The van der Waals surface area contributed by atoms with Gasteiger partial charge in [-0.25, -0.2) is 0 Å². The third kappa shape index (κ3) is 0.938. The molecule has 0 spiro atoms. The zero-order chi connectivity index (χ0) is 5.28. The smallest absolute Gasteiger partial charge is 0.233 e. The van der Waals surface area contributed by atoms with E-state index in [-0.39, 0.29) is 10.7 Å². The topological polar surface area (TPSA) is 29.1 Å². The Morgan fingerprint density at radius 1 is 1.86 bits per heavy atom. The Hall–Kier alpha value is -0.0500. The molecule has 7 heavy (non-hydrogen) atoms. The Kier molecular flexibility index (Phi) is 1.32. The Labute approximate surface area is 50.4 Å². The molecule has 2 nitrogen and oxygen atoms in total. The van der Waals surface area contributed by atoms with Crippen LogP contribution in [0.5, 0.6) is 0 Å². The van der Waals surface area contributed by atoms with Crippen molar-refractivity contribution in [2.75, 3.05) is 6.54 Å². The minimum Gasteiger partial charge on any atom is -0.355 e. The first-order valence-corrected chi connectivity index (χ1v) is 3.14. The van der Waals surface area contributed by atoms with Crippen LogP contribution in [0.2, 0.25) is 0 Å². The van der Waals surface area contributed by atoms with Gasteiger partial charge in [-0.2, -0.15) is 0 Å². The summed E-state index contributed by atoms with van der Waals surface area (Å²) >= 11 is 3.19. The molecule has 1 heterocycles. The lowest BCUT2D eigenvalue weighted by atomic mass is 10.4. The van der Waals surface area contributed by atoms with Crippen molar-refractivity contribution in [2.45, 2.75) is 11.2 Å². The van der Waals surface area contributed by atoms with Crippen molar-refractivity contribution in [3.8, 4) is 0 Å². The molecule has 3 heteroatoms. The molecule has 1 rings (SSSR count). The van der Waals surface area contributed by atoms with E-state index in [0.717, 1.165) is 13.0 Å². The summed E-state index contributed by atoms with van der Waals surface area (Å²) in [5.74, 6) is 0.125. The molecule has 0 radical (unpaired) electrons. The molecule has 1 amide bonds. The Bertz CT molecular complexity index is 93.7. The van der Waals surface area contributed by atoms with E-state index >= 15 is 0 Å². The predicted octanol–water partition coefficient (Wildman–Crippen LogP) is 0.270. The highest BCUT2D eigenvalue weighted by molar-refractivity contribution is 9.10. The molecule has 0 unspecified atom stereocenters. The number of amides is 1. The van der Waals surface area contributed by atoms with E-state index in [1.165, 1.54) is 0 Å². The summed E-state index contributed by atoms with van der Waals surface area (Å²) in [7, 11) is 0. The van der Waals surface area contributed by atoms with Gasteiger partial charge in [-0.3, -0.25) is 4.79 Å². The highest BCUT2D eigenvalue weighted by Gasteiger charge is 2.19. The Morgan fingerprint density at radius 2 is 2.57 bits per heavy atom. The zero-order valence-electron chi connectivity index (χ0n) is 3.78. The fourth-order valence-electron chi connectivity index (χ4n) is 0.564. The van der Waals surface area contributed by atoms with E-state index in [9.17, 15) is 4.79 Å². The third-order valence-electron chi connectivity index (χ3n) is 0.982. The first kappa shape index (κ1) is 5.09. The lowest BCUT2D eigenvalue weighted by molar-refractivity contribution is -0.118. The first-order valence-electron chi connectivity index (χ1n) is 2.22. The summed E-state index contributed by atoms with van der Waals surface area (Å²) in [6.07, 6.45) is 0.929. The van der Waals surface area contributed by atoms with Crippen molar-refractivity contribution in [2.24, 2.45) is 0 Å². The van der Waals surface area contributed by atoms with E-state index in [4.69, 9.17) is 0 Å². The van der Waals surface area contributed by atoms with Gasteiger partial charge in [0.2, 0.25) is 5.91 Å². The Balaban J connectivity index is 2.48. The quantitative estimate of drug-likeness (QED) is 0.511. The van der Waals surface area contributed by atoms with Crippen LogP contribution in [-0.2, 0) is 4.79 Å². The maximum atomic E-state index is 10.4. The average molecular weight is 164 g/mol. The van der Waals surface area contributed by atoms with E-state index in [0.29, 0.717) is 0 Å². The highest BCUT2D eigenvalue weighted by Crippen LogP contribution is 2.08. The van der Waals surface area contributed by atoms with Crippen molar-refractivity contribution in [3.05, 3.63) is 0 Å². The van der Waals surface area contributed by atoms with Crippen LogP contribution in [0.1, 0.15) is 6.42 Å². The van der Waals surface area contributed by atoms with E-state index in [2.05, 4.69) is 21.2 Å². The van der Waals surface area contributed by atoms with Gasteiger partial charge in [0.25, 0.3) is 0 Å². The van der Waals surface area contributed by atoms with Gasteiger partial charge in [0.15, 0.2) is 0 Å². The number of carbonyl (C=O) groups excluding carboxylic acids is 1. The van der Waals surface area contributed by atoms with Crippen LogP contribution in [0.4, 0.5) is 0 Å². The molecule has 0 saturated carbocycles. The van der Waals surface area contributed by atoms with Crippen LogP contribution < -0.4 is 5.32 Å². The van der Waals surface area contributed by atoms with Crippen LogP contribution >= 0.6 is 15.9 Å². The maximum Gasteiger partial charge on any atom is 0.233 e. The molecule has 0 aliphatic carbocycles. The van der Waals surface area contributed by atoms with Gasteiger partial charge in [-0.15, -0.1) is 0 Å². The van der Waals surface area contributed by atoms with Gasteiger partial charge in [-0.05, 0) is 6.42 Å². The number of carbonyl (C=O) groups is 1. The summed E-state index contributed by atoms with van der Waals surface area (Å²) in [5.41, 5.74) is 0.